The molecule has 0 radical (unpaired) electrons. The van der Waals surface area contributed by atoms with Crippen LogP contribution >= 0.6 is 0 Å². The molecule has 2 N–H and O–H groups in total. The first-order valence-corrected chi connectivity index (χ1v) is 15.3. The number of rotatable bonds is 7. The van der Waals surface area contributed by atoms with E-state index in [1.807, 2.05) is 18.2 Å². The van der Waals surface area contributed by atoms with Gasteiger partial charge in [0, 0.05) is 22.7 Å². The maximum Gasteiger partial charge on any atom is 0.0860 e. The molecule has 7 rings (SSSR count). The molecular formula is C41H35N3. The Hall–Kier alpha value is -5.41. The SMILES string of the molecule is CC1C=Cc2c(c3ccccc3n2-c2ccc(-c3ccc(C(/C=C(\N=CN)c4ccccc4)c4ccccc4)cc3)cc2)C1. The molecule has 0 fully saturated rings. The van der Waals surface area contributed by atoms with Crippen LogP contribution < -0.4 is 5.73 Å². The van der Waals surface area contributed by atoms with E-state index in [-0.39, 0.29) is 5.92 Å². The van der Waals surface area contributed by atoms with Gasteiger partial charge in [-0.3, -0.25) is 0 Å². The monoisotopic (exact) mass is 569 g/mol. The summed E-state index contributed by atoms with van der Waals surface area (Å²) in [7, 11) is 0. The minimum Gasteiger partial charge on any atom is -0.390 e. The zero-order valence-corrected chi connectivity index (χ0v) is 24.8. The normalized spacial score (nSPS) is 15.5. The highest BCUT2D eigenvalue weighted by Gasteiger charge is 2.21. The first-order valence-electron chi connectivity index (χ1n) is 15.3. The second-order valence-corrected chi connectivity index (χ2v) is 11.5. The van der Waals surface area contributed by atoms with E-state index in [0.29, 0.717) is 5.92 Å². The van der Waals surface area contributed by atoms with E-state index >= 15 is 0 Å². The van der Waals surface area contributed by atoms with Gasteiger partial charge >= 0.3 is 0 Å². The Morgan fingerprint density at radius 3 is 2.07 bits per heavy atom. The lowest BCUT2D eigenvalue weighted by Crippen LogP contribution is -2.05. The highest BCUT2D eigenvalue weighted by atomic mass is 15.0. The first kappa shape index (κ1) is 27.4. The third-order valence-electron chi connectivity index (χ3n) is 8.62. The topological polar surface area (TPSA) is 43.3 Å². The van der Waals surface area contributed by atoms with Crippen molar-refractivity contribution < 1.29 is 0 Å². The summed E-state index contributed by atoms with van der Waals surface area (Å²) in [6.45, 7) is 2.29. The van der Waals surface area contributed by atoms with Gasteiger partial charge in [0.1, 0.15) is 0 Å². The molecule has 0 saturated heterocycles. The predicted molar refractivity (Wildman–Crippen MR) is 186 cm³/mol. The van der Waals surface area contributed by atoms with E-state index in [2.05, 4.69) is 150 Å². The lowest BCUT2D eigenvalue weighted by atomic mass is 9.88. The van der Waals surface area contributed by atoms with E-state index in [1.54, 1.807) is 0 Å². The van der Waals surface area contributed by atoms with Crippen LogP contribution in [0.15, 0.2) is 151 Å². The highest BCUT2D eigenvalue weighted by molar-refractivity contribution is 5.91. The minimum absolute atomic E-state index is 0.0236. The molecule has 1 aliphatic carbocycles. The van der Waals surface area contributed by atoms with Crippen LogP contribution in [0, 0.1) is 5.92 Å². The van der Waals surface area contributed by atoms with Crippen LogP contribution in [0.5, 0.6) is 0 Å². The quantitative estimate of drug-likeness (QED) is 0.151. The molecule has 0 aliphatic heterocycles. The zero-order valence-electron chi connectivity index (χ0n) is 24.8. The van der Waals surface area contributed by atoms with Gasteiger partial charge in [-0.15, -0.1) is 0 Å². The van der Waals surface area contributed by atoms with Gasteiger partial charge in [-0.25, -0.2) is 4.99 Å². The van der Waals surface area contributed by atoms with Gasteiger partial charge in [0.15, 0.2) is 0 Å². The number of nitrogens with zero attached hydrogens (tertiary/aromatic N) is 2. The van der Waals surface area contributed by atoms with Crippen molar-refractivity contribution in [2.45, 2.75) is 19.3 Å². The van der Waals surface area contributed by atoms with E-state index in [1.165, 1.54) is 56.4 Å². The van der Waals surface area contributed by atoms with E-state index in [0.717, 1.165) is 17.7 Å². The Balaban J connectivity index is 1.22. The number of fused-ring (bicyclic) bond motifs is 3. The molecular weight excluding hydrogens is 534 g/mol. The number of benzene rings is 5. The Labute approximate surface area is 259 Å². The largest absolute Gasteiger partial charge is 0.390 e. The third-order valence-corrected chi connectivity index (χ3v) is 8.62. The van der Waals surface area contributed by atoms with Gasteiger partial charge in [0.2, 0.25) is 0 Å². The van der Waals surface area contributed by atoms with Crippen molar-refractivity contribution in [2.24, 2.45) is 16.6 Å². The second-order valence-electron chi connectivity index (χ2n) is 11.5. The Morgan fingerprint density at radius 1 is 0.750 bits per heavy atom. The summed E-state index contributed by atoms with van der Waals surface area (Å²) >= 11 is 0. The smallest absolute Gasteiger partial charge is 0.0860 e. The van der Waals surface area contributed by atoms with Gasteiger partial charge in [-0.05, 0) is 76.1 Å². The average Bonchev–Trinajstić information content (AvgIpc) is 3.41. The standard InChI is InChI=1S/C41H35N3/c1-29-16-25-41-38(26-29)36-14-8-9-15-40(36)44(41)35-23-21-31(22-24-35)30-17-19-33(20-18-30)37(32-10-4-2-5-11-32)27-39(43-28-42)34-12-6-3-7-13-34/h2-25,27-29,37H,26H2,1H3,(H2,42,43)/b39-27-. The van der Waals surface area contributed by atoms with Crippen molar-refractivity contribution in [3.05, 3.63) is 174 Å². The molecule has 3 heteroatoms. The molecule has 2 atom stereocenters. The summed E-state index contributed by atoms with van der Waals surface area (Å²) in [6, 6.07) is 47.4. The maximum atomic E-state index is 5.77. The molecule has 2 unspecified atom stereocenters. The molecule has 5 aromatic carbocycles. The summed E-state index contributed by atoms with van der Waals surface area (Å²) in [5.41, 5.74) is 17.6. The van der Waals surface area contributed by atoms with Gasteiger partial charge in [-0.1, -0.05) is 128 Å². The number of nitrogens with two attached hydrogens (primary N) is 1. The van der Waals surface area contributed by atoms with Gasteiger partial charge in [0.05, 0.1) is 17.6 Å². The molecule has 0 saturated carbocycles. The van der Waals surface area contributed by atoms with Crippen molar-refractivity contribution in [3.63, 3.8) is 0 Å². The second kappa shape index (κ2) is 12.1. The van der Waals surface area contributed by atoms with Crippen molar-refractivity contribution in [3.8, 4) is 16.8 Å². The number of allylic oxidation sites excluding steroid dienone is 2. The summed E-state index contributed by atoms with van der Waals surface area (Å²) in [6.07, 6.45) is 9.28. The minimum atomic E-state index is 0.0236. The summed E-state index contributed by atoms with van der Waals surface area (Å²) < 4.78 is 2.41. The van der Waals surface area contributed by atoms with Crippen LogP contribution in [-0.4, -0.2) is 10.9 Å². The van der Waals surface area contributed by atoms with Gasteiger partial charge in [0.25, 0.3) is 0 Å². The number of aromatic nitrogens is 1. The Morgan fingerprint density at radius 2 is 1.36 bits per heavy atom. The fourth-order valence-corrected chi connectivity index (χ4v) is 6.43. The van der Waals surface area contributed by atoms with Crippen LogP contribution in [0.2, 0.25) is 0 Å². The summed E-state index contributed by atoms with van der Waals surface area (Å²) in [5, 5.41) is 1.35. The third kappa shape index (κ3) is 5.29. The number of para-hydroxylation sites is 1. The van der Waals surface area contributed by atoms with E-state index in [9.17, 15) is 0 Å². The molecule has 3 nitrogen and oxygen atoms in total. The van der Waals surface area contributed by atoms with Crippen LogP contribution in [0.1, 0.15) is 40.8 Å². The summed E-state index contributed by atoms with van der Waals surface area (Å²) in [5.74, 6) is 0.581. The average molecular weight is 570 g/mol. The number of hydrogen-bond acceptors (Lipinski definition) is 1. The van der Waals surface area contributed by atoms with Crippen LogP contribution in [0.4, 0.5) is 0 Å². The summed E-state index contributed by atoms with van der Waals surface area (Å²) in [4.78, 5) is 4.54. The molecule has 214 valence electrons. The van der Waals surface area contributed by atoms with Crippen molar-refractivity contribution in [2.75, 3.05) is 0 Å². The lowest BCUT2D eigenvalue weighted by molar-refractivity contribution is 0.718. The molecule has 1 aromatic heterocycles. The Bertz CT molecular complexity index is 1980. The highest BCUT2D eigenvalue weighted by Crippen LogP contribution is 2.36. The van der Waals surface area contributed by atoms with Crippen molar-refractivity contribution in [1.82, 2.24) is 4.57 Å². The van der Waals surface area contributed by atoms with E-state index in [4.69, 9.17) is 5.73 Å². The molecule has 0 amide bonds. The molecule has 44 heavy (non-hydrogen) atoms. The zero-order chi connectivity index (χ0) is 29.9. The van der Waals surface area contributed by atoms with E-state index < -0.39 is 0 Å². The first-order chi connectivity index (χ1) is 21.7. The molecule has 1 aliphatic rings. The fraction of sp³-hybridized carbons (Fsp3) is 0.0976. The number of hydrogen-bond donors (Lipinski definition) is 1. The van der Waals surface area contributed by atoms with Gasteiger partial charge in [-0.2, -0.15) is 0 Å². The van der Waals surface area contributed by atoms with Crippen LogP contribution in [0.3, 0.4) is 0 Å². The van der Waals surface area contributed by atoms with Crippen LogP contribution in [0.25, 0.3) is 39.5 Å². The van der Waals surface area contributed by atoms with Crippen LogP contribution in [-0.2, 0) is 6.42 Å². The number of aliphatic imine (C=N–C) groups is 1. The molecule has 6 aromatic rings. The maximum absolute atomic E-state index is 5.77. The van der Waals surface area contributed by atoms with Crippen molar-refractivity contribution in [1.29, 1.82) is 0 Å². The Kier molecular flexibility index (Phi) is 7.52. The lowest BCUT2D eigenvalue weighted by Gasteiger charge is -2.17. The predicted octanol–water partition coefficient (Wildman–Crippen LogP) is 9.66. The fourth-order valence-electron chi connectivity index (χ4n) is 6.43. The van der Waals surface area contributed by atoms with Crippen molar-refractivity contribution >= 4 is 29.0 Å². The van der Waals surface area contributed by atoms with Gasteiger partial charge < -0.3 is 10.3 Å². The molecule has 1 heterocycles. The molecule has 0 bridgehead atoms. The molecule has 0 spiro atoms.